The van der Waals surface area contributed by atoms with Crippen molar-refractivity contribution in [3.05, 3.63) is 0 Å². The van der Waals surface area contributed by atoms with Gasteiger partial charge in [0.25, 0.3) is 0 Å². The number of nitrogens with two attached hydrogens (primary N) is 2. The van der Waals surface area contributed by atoms with Crippen molar-refractivity contribution < 1.29 is 0 Å². The van der Waals surface area contributed by atoms with E-state index < -0.39 is 0 Å². The van der Waals surface area contributed by atoms with Gasteiger partial charge in [0, 0.05) is 0 Å². The summed E-state index contributed by atoms with van der Waals surface area (Å²) in [6.07, 6.45) is 0. The van der Waals surface area contributed by atoms with Gasteiger partial charge in [0.2, 0.25) is 17.8 Å². The summed E-state index contributed by atoms with van der Waals surface area (Å²) in [7, 11) is 0. The molecule has 6 nitrogen and oxygen atoms in total. The molecule has 0 saturated heterocycles. The zero-order valence-electron chi connectivity index (χ0n) is 4.50. The Kier molecular flexibility index (Phi) is 1.07. The van der Waals surface area contributed by atoms with Crippen molar-refractivity contribution >= 4 is 17.8 Å². The van der Waals surface area contributed by atoms with Gasteiger partial charge in [-0.3, -0.25) is 5.73 Å². The molecule has 1 rings (SSSR count). The predicted octanol–water partition coefficient (Wildman–Crippen LogP) is -1.05. The molecule has 0 spiro atoms. The highest BCUT2D eigenvalue weighted by molar-refractivity contribution is 5.31. The second-order valence-corrected chi connectivity index (χ2v) is 1.38. The van der Waals surface area contributed by atoms with Gasteiger partial charge in [0.05, 0.1) is 0 Å². The molecule has 5 N–H and O–H groups in total. The highest BCUT2D eigenvalue weighted by Crippen LogP contribution is 1.98. The molecule has 47 valence electrons. The Hall–Kier alpha value is -1.59. The Morgan fingerprint density at radius 3 is 1.78 bits per heavy atom. The smallest absolute Gasteiger partial charge is 0.248 e. The molecule has 0 aliphatic heterocycles. The van der Waals surface area contributed by atoms with Gasteiger partial charge in [0.1, 0.15) is 0 Å². The number of nitrogens with zero attached hydrogens (tertiary/aromatic N) is 3. The molecule has 6 heteroatoms. The summed E-state index contributed by atoms with van der Waals surface area (Å²) in [5.74, 6) is -0.250. The molecule has 0 aliphatic rings. The van der Waals surface area contributed by atoms with Gasteiger partial charge >= 0.3 is 0 Å². The molecular formula is C3H5N6. The van der Waals surface area contributed by atoms with E-state index in [1.54, 1.807) is 0 Å². The van der Waals surface area contributed by atoms with Crippen LogP contribution in [0.25, 0.3) is 0 Å². The van der Waals surface area contributed by atoms with Crippen molar-refractivity contribution in [2.45, 2.75) is 0 Å². The Bertz CT molecular complexity index is 169. The topological polar surface area (TPSA) is 115 Å². The Labute approximate surface area is 51.1 Å². The molecular weight excluding hydrogens is 120 g/mol. The molecule has 9 heavy (non-hydrogen) atoms. The Balaban J connectivity index is 3.17. The Morgan fingerprint density at radius 1 is 1.00 bits per heavy atom. The van der Waals surface area contributed by atoms with Crippen LogP contribution in [-0.2, 0) is 0 Å². The number of anilines is 2. The first-order chi connectivity index (χ1) is 4.18. The van der Waals surface area contributed by atoms with Crippen LogP contribution in [0.1, 0.15) is 0 Å². The molecule has 0 amide bonds. The molecule has 0 bridgehead atoms. The first-order valence-corrected chi connectivity index (χ1v) is 2.17. The van der Waals surface area contributed by atoms with Crippen molar-refractivity contribution in [1.82, 2.24) is 20.7 Å². The lowest BCUT2D eigenvalue weighted by molar-refractivity contribution is 1.05. The molecule has 0 fully saturated rings. The van der Waals surface area contributed by atoms with Crippen molar-refractivity contribution in [2.75, 3.05) is 11.5 Å². The van der Waals surface area contributed by atoms with Gasteiger partial charge in [-0.05, 0) is 0 Å². The summed E-state index contributed by atoms with van der Waals surface area (Å²) in [4.78, 5) is 10.2. The molecule has 0 unspecified atom stereocenters. The van der Waals surface area contributed by atoms with Crippen molar-refractivity contribution in [1.29, 1.82) is 0 Å². The minimum Gasteiger partial charge on any atom is -0.368 e. The van der Waals surface area contributed by atoms with Crippen LogP contribution in [-0.4, -0.2) is 15.0 Å². The average Bonchev–Trinajstić information content (AvgIpc) is 1.59. The molecule has 0 saturated carbocycles. The van der Waals surface area contributed by atoms with Crippen molar-refractivity contribution in [2.24, 2.45) is 0 Å². The van der Waals surface area contributed by atoms with E-state index in [0.717, 1.165) is 0 Å². The van der Waals surface area contributed by atoms with Crippen LogP contribution in [0.2, 0.25) is 0 Å². The van der Waals surface area contributed by atoms with E-state index in [1.165, 1.54) is 0 Å². The van der Waals surface area contributed by atoms with E-state index in [1.807, 2.05) is 0 Å². The van der Waals surface area contributed by atoms with E-state index in [9.17, 15) is 0 Å². The number of hydrogen-bond acceptors (Lipinski definition) is 5. The number of hydrogen-bond donors (Lipinski definition) is 2. The number of nitrogens with one attached hydrogen (secondary N) is 1. The monoisotopic (exact) mass is 125 g/mol. The zero-order chi connectivity index (χ0) is 6.85. The minimum absolute atomic E-state index is 0.0208. The van der Waals surface area contributed by atoms with Gasteiger partial charge in [-0.1, -0.05) is 0 Å². The number of nitrogen functional groups attached to an aromatic ring is 2. The molecule has 1 heterocycles. The summed E-state index contributed by atoms with van der Waals surface area (Å²) in [6, 6.07) is 0. The lowest BCUT2D eigenvalue weighted by Crippen LogP contribution is -2.02. The highest BCUT2D eigenvalue weighted by atomic mass is 15.2. The third-order valence-corrected chi connectivity index (χ3v) is 0.670. The van der Waals surface area contributed by atoms with Crippen LogP contribution in [0.4, 0.5) is 17.8 Å². The molecule has 0 aromatic carbocycles. The lowest BCUT2D eigenvalue weighted by atomic mass is 10.9. The maximum atomic E-state index is 6.85. The van der Waals surface area contributed by atoms with Crippen LogP contribution in [0.15, 0.2) is 0 Å². The maximum absolute atomic E-state index is 6.85. The number of rotatable bonds is 0. The van der Waals surface area contributed by atoms with E-state index in [4.69, 9.17) is 17.2 Å². The van der Waals surface area contributed by atoms with Gasteiger partial charge in [0.15, 0.2) is 0 Å². The third-order valence-electron chi connectivity index (χ3n) is 0.670. The summed E-state index contributed by atoms with van der Waals surface area (Å²) in [6.45, 7) is 0. The first-order valence-electron chi connectivity index (χ1n) is 2.17. The van der Waals surface area contributed by atoms with Gasteiger partial charge in [-0.25, -0.2) is 0 Å². The second-order valence-electron chi connectivity index (χ2n) is 1.38. The molecule has 0 atom stereocenters. The summed E-state index contributed by atoms with van der Waals surface area (Å²) in [5.41, 5.74) is 17.0. The van der Waals surface area contributed by atoms with Crippen molar-refractivity contribution in [3.8, 4) is 0 Å². The van der Waals surface area contributed by atoms with Crippen LogP contribution in [0.3, 0.4) is 0 Å². The van der Waals surface area contributed by atoms with Crippen LogP contribution >= 0.6 is 0 Å². The normalized spacial score (nSPS) is 9.33. The lowest BCUT2D eigenvalue weighted by Gasteiger charge is -1.92. The third kappa shape index (κ3) is 1.15. The van der Waals surface area contributed by atoms with Crippen LogP contribution in [0.5, 0.6) is 0 Å². The summed E-state index contributed by atoms with van der Waals surface area (Å²) in [5, 5.41) is 0. The standard InChI is InChI=1S/C3H5N6/c4-1-7-2(5)9-3(6)8-1/h4H,(H4,5,6,7,8,9). The van der Waals surface area contributed by atoms with E-state index >= 15 is 0 Å². The van der Waals surface area contributed by atoms with E-state index in [0.29, 0.717) is 0 Å². The first kappa shape index (κ1) is 5.54. The molecule has 1 aromatic rings. The van der Waals surface area contributed by atoms with Crippen LogP contribution < -0.4 is 17.2 Å². The fraction of sp³-hybridized carbons (Fsp3) is 0. The molecule has 1 radical (unpaired) electrons. The SMILES string of the molecule is [NH]c1nc(N)nc(N)n1. The molecule has 1 aromatic heterocycles. The Morgan fingerprint density at radius 2 is 1.44 bits per heavy atom. The van der Waals surface area contributed by atoms with E-state index in [2.05, 4.69) is 15.0 Å². The predicted molar refractivity (Wildman–Crippen MR) is 31.4 cm³/mol. The second kappa shape index (κ2) is 1.73. The van der Waals surface area contributed by atoms with Gasteiger partial charge in [-0.15, -0.1) is 0 Å². The fourth-order valence-corrected chi connectivity index (χ4v) is 0.409. The molecule has 0 aliphatic carbocycles. The zero-order valence-corrected chi connectivity index (χ0v) is 4.50. The maximum Gasteiger partial charge on any atom is 0.248 e. The van der Waals surface area contributed by atoms with Gasteiger partial charge < -0.3 is 11.5 Å². The van der Waals surface area contributed by atoms with Crippen molar-refractivity contribution in [3.63, 3.8) is 0 Å². The minimum atomic E-state index is -0.208. The average molecular weight is 125 g/mol. The quantitative estimate of drug-likeness (QED) is 0.459. The number of aromatic nitrogens is 3. The highest BCUT2D eigenvalue weighted by Gasteiger charge is 1.94. The summed E-state index contributed by atoms with van der Waals surface area (Å²) < 4.78 is 0. The van der Waals surface area contributed by atoms with Crippen LogP contribution in [0, 0.1) is 0 Å². The summed E-state index contributed by atoms with van der Waals surface area (Å²) >= 11 is 0. The van der Waals surface area contributed by atoms with E-state index in [-0.39, 0.29) is 17.8 Å². The van der Waals surface area contributed by atoms with Gasteiger partial charge in [-0.2, -0.15) is 15.0 Å². The fourth-order valence-electron chi connectivity index (χ4n) is 0.409. The largest absolute Gasteiger partial charge is 0.368 e.